The Kier molecular flexibility index (Phi) is 5.69. The van der Waals surface area contributed by atoms with Crippen LogP contribution in [0.25, 0.3) is 11.3 Å². The highest BCUT2D eigenvalue weighted by molar-refractivity contribution is 6.35. The van der Waals surface area contributed by atoms with Crippen LogP contribution < -0.4 is 15.0 Å². The van der Waals surface area contributed by atoms with Gasteiger partial charge in [0.1, 0.15) is 28.8 Å². The Morgan fingerprint density at radius 1 is 1.22 bits per heavy atom. The topological polar surface area (TPSA) is 60.9 Å². The van der Waals surface area contributed by atoms with Crippen molar-refractivity contribution < 1.29 is 13.9 Å². The molecule has 32 heavy (non-hydrogen) atoms. The first-order chi connectivity index (χ1) is 15.5. The number of amides is 1. The van der Waals surface area contributed by atoms with Crippen LogP contribution in [0.2, 0.25) is 5.02 Å². The van der Waals surface area contributed by atoms with Crippen molar-refractivity contribution in [2.75, 3.05) is 57.8 Å². The molecule has 2 saturated heterocycles. The fourth-order valence-electron chi connectivity index (χ4n) is 4.85. The van der Waals surface area contributed by atoms with Crippen LogP contribution in [0.5, 0.6) is 5.75 Å². The van der Waals surface area contributed by atoms with Crippen LogP contribution in [0.4, 0.5) is 10.2 Å². The molecule has 9 heteroatoms. The Morgan fingerprint density at radius 3 is 2.81 bits per heavy atom. The summed E-state index contributed by atoms with van der Waals surface area (Å²) in [7, 11) is 2.08. The third kappa shape index (κ3) is 3.60. The number of halogens is 2. The predicted octanol–water partition coefficient (Wildman–Crippen LogP) is 2.49. The zero-order valence-electron chi connectivity index (χ0n) is 18.3. The number of nitrogens with one attached hydrogen (secondary N) is 1. The second-order valence-corrected chi connectivity index (χ2v) is 9.13. The van der Waals surface area contributed by atoms with Gasteiger partial charge in [-0.1, -0.05) is 23.7 Å². The van der Waals surface area contributed by atoms with Crippen molar-refractivity contribution in [3.8, 4) is 17.0 Å². The van der Waals surface area contributed by atoms with Gasteiger partial charge in [-0.3, -0.25) is 4.79 Å². The smallest absolute Gasteiger partial charge is 0.261 e. The molecular formula is C23H27ClFN5O2. The van der Waals surface area contributed by atoms with Gasteiger partial charge < -0.3 is 24.8 Å². The first-order valence-electron chi connectivity index (χ1n) is 11.0. The van der Waals surface area contributed by atoms with E-state index < -0.39 is 5.82 Å². The van der Waals surface area contributed by atoms with Crippen molar-refractivity contribution in [3.63, 3.8) is 0 Å². The van der Waals surface area contributed by atoms with E-state index in [4.69, 9.17) is 21.3 Å². The molecule has 1 aromatic heterocycles. The average molecular weight is 460 g/mol. The van der Waals surface area contributed by atoms with Gasteiger partial charge in [0, 0.05) is 50.9 Å². The highest BCUT2D eigenvalue weighted by Crippen LogP contribution is 2.44. The maximum absolute atomic E-state index is 14.7. The molecule has 5 rings (SSSR count). The molecule has 170 valence electrons. The monoisotopic (exact) mass is 459 g/mol. The van der Waals surface area contributed by atoms with E-state index in [1.165, 1.54) is 6.07 Å². The highest BCUT2D eigenvalue weighted by atomic mass is 35.5. The fraction of sp³-hybridized carbons (Fsp3) is 0.478. The molecule has 0 aliphatic carbocycles. The van der Waals surface area contributed by atoms with Gasteiger partial charge in [-0.15, -0.1) is 0 Å². The first-order valence-corrected chi connectivity index (χ1v) is 11.4. The zero-order valence-corrected chi connectivity index (χ0v) is 19.0. The third-order valence-corrected chi connectivity index (χ3v) is 6.90. The summed E-state index contributed by atoms with van der Waals surface area (Å²) in [5, 5.41) is 3.50. The molecule has 2 aromatic rings. The van der Waals surface area contributed by atoms with Crippen molar-refractivity contribution in [2.24, 2.45) is 0 Å². The molecule has 2 fully saturated rings. The number of benzene rings is 1. The van der Waals surface area contributed by atoms with Gasteiger partial charge in [0.05, 0.1) is 11.7 Å². The van der Waals surface area contributed by atoms with Crippen LogP contribution in [-0.4, -0.2) is 85.7 Å². The molecule has 0 spiro atoms. The minimum absolute atomic E-state index is 0.0885. The molecule has 1 aromatic carbocycles. The minimum Gasteiger partial charge on any atom is -0.489 e. The summed E-state index contributed by atoms with van der Waals surface area (Å²) in [4.78, 5) is 24.8. The Morgan fingerprint density at radius 2 is 2.03 bits per heavy atom. The van der Waals surface area contributed by atoms with Crippen molar-refractivity contribution >= 4 is 23.3 Å². The molecule has 2 atom stereocenters. The molecule has 0 radical (unpaired) electrons. The number of pyridine rings is 1. The molecule has 4 heterocycles. The lowest BCUT2D eigenvalue weighted by molar-refractivity contribution is 0.0606. The number of carbonyl (C=O) groups excluding carboxylic acids is 1. The van der Waals surface area contributed by atoms with E-state index in [-0.39, 0.29) is 23.0 Å². The molecular weight excluding hydrogens is 433 g/mol. The Hall–Kier alpha value is -2.42. The van der Waals surface area contributed by atoms with Crippen LogP contribution in [0.15, 0.2) is 24.3 Å². The SMILES string of the molecule is C[C@H]1CN(C)CCN1c1nc(-c2ccccc2F)c(Cl)c2c1C(=O)N1CCNC[C@@H]1CO2. The molecule has 0 saturated carbocycles. The maximum atomic E-state index is 14.7. The second kappa shape index (κ2) is 8.50. The maximum Gasteiger partial charge on any atom is 0.261 e. The third-order valence-electron chi connectivity index (χ3n) is 6.55. The first kappa shape index (κ1) is 21.4. The summed E-state index contributed by atoms with van der Waals surface area (Å²) >= 11 is 6.77. The lowest BCUT2D eigenvalue weighted by Gasteiger charge is -2.40. The normalized spacial score (nSPS) is 23.9. The number of anilines is 1. The van der Waals surface area contributed by atoms with E-state index in [2.05, 4.69) is 29.1 Å². The van der Waals surface area contributed by atoms with Crippen molar-refractivity contribution in [3.05, 3.63) is 40.7 Å². The molecule has 3 aliphatic heterocycles. The Balaban J connectivity index is 1.72. The number of likely N-dealkylation sites (N-methyl/N-ethyl adjacent to an activating group) is 1. The van der Waals surface area contributed by atoms with Crippen molar-refractivity contribution in [1.29, 1.82) is 0 Å². The molecule has 1 amide bonds. The number of ether oxygens (including phenoxy) is 1. The summed E-state index contributed by atoms with van der Waals surface area (Å²) in [6.07, 6.45) is 0. The number of hydrogen-bond donors (Lipinski definition) is 1. The highest BCUT2D eigenvalue weighted by Gasteiger charge is 2.39. The van der Waals surface area contributed by atoms with E-state index in [1.54, 1.807) is 18.2 Å². The van der Waals surface area contributed by atoms with E-state index in [1.807, 2.05) is 4.90 Å². The van der Waals surface area contributed by atoms with E-state index in [0.717, 1.165) is 19.6 Å². The van der Waals surface area contributed by atoms with Crippen LogP contribution in [0.3, 0.4) is 0 Å². The summed E-state index contributed by atoms with van der Waals surface area (Å²) < 4.78 is 20.9. The largest absolute Gasteiger partial charge is 0.489 e. The lowest BCUT2D eigenvalue weighted by Crippen LogP contribution is -2.55. The lowest BCUT2D eigenvalue weighted by atomic mass is 10.0. The molecule has 0 unspecified atom stereocenters. The number of hydrogen-bond acceptors (Lipinski definition) is 6. The zero-order chi connectivity index (χ0) is 22.4. The van der Waals surface area contributed by atoms with Gasteiger partial charge in [0.2, 0.25) is 0 Å². The standard InChI is InChI=1S/C23H27ClFN5O2/c1-14-12-28(2)9-10-29(14)22-18-21(32-13-15-11-26-7-8-30(15)23(18)31)19(24)20(27-22)16-5-3-4-6-17(16)25/h3-6,14-15,26H,7-13H2,1-2H3/t14-,15+/m0/s1. The van der Waals surface area contributed by atoms with Gasteiger partial charge >= 0.3 is 0 Å². The number of fused-ring (bicyclic) bond motifs is 2. The van der Waals surface area contributed by atoms with Crippen molar-refractivity contribution in [2.45, 2.75) is 19.0 Å². The van der Waals surface area contributed by atoms with Crippen LogP contribution in [0.1, 0.15) is 17.3 Å². The van der Waals surface area contributed by atoms with Gasteiger partial charge in [-0.05, 0) is 26.1 Å². The van der Waals surface area contributed by atoms with Crippen molar-refractivity contribution in [1.82, 2.24) is 20.1 Å². The van der Waals surface area contributed by atoms with E-state index >= 15 is 0 Å². The Labute approximate surface area is 192 Å². The fourth-order valence-corrected chi connectivity index (χ4v) is 5.15. The number of aromatic nitrogens is 1. The van der Waals surface area contributed by atoms with E-state index in [0.29, 0.717) is 54.6 Å². The predicted molar refractivity (Wildman–Crippen MR) is 122 cm³/mol. The summed E-state index contributed by atoms with van der Waals surface area (Å²) in [5.74, 6) is 0.285. The summed E-state index contributed by atoms with van der Waals surface area (Å²) in [6.45, 7) is 6.78. The molecule has 3 aliphatic rings. The summed E-state index contributed by atoms with van der Waals surface area (Å²) in [6, 6.07) is 6.45. The summed E-state index contributed by atoms with van der Waals surface area (Å²) in [5.41, 5.74) is 0.981. The van der Waals surface area contributed by atoms with Gasteiger partial charge in [0.15, 0.2) is 5.75 Å². The van der Waals surface area contributed by atoms with Crippen LogP contribution >= 0.6 is 11.6 Å². The Bertz CT molecular complexity index is 1050. The number of rotatable bonds is 2. The van der Waals surface area contributed by atoms with Crippen LogP contribution in [-0.2, 0) is 0 Å². The molecule has 7 nitrogen and oxygen atoms in total. The van der Waals surface area contributed by atoms with Gasteiger partial charge in [0.25, 0.3) is 5.91 Å². The van der Waals surface area contributed by atoms with Gasteiger partial charge in [-0.2, -0.15) is 0 Å². The molecule has 1 N–H and O–H groups in total. The van der Waals surface area contributed by atoms with Crippen LogP contribution in [0, 0.1) is 5.82 Å². The average Bonchev–Trinajstić information content (AvgIpc) is 2.93. The molecule has 0 bridgehead atoms. The second-order valence-electron chi connectivity index (χ2n) is 8.75. The number of piperazine rings is 2. The number of carbonyl (C=O) groups is 1. The van der Waals surface area contributed by atoms with E-state index in [9.17, 15) is 9.18 Å². The van der Waals surface area contributed by atoms with Gasteiger partial charge in [-0.25, -0.2) is 9.37 Å². The number of nitrogens with zero attached hydrogens (tertiary/aromatic N) is 4. The minimum atomic E-state index is -0.416. The quantitative estimate of drug-likeness (QED) is 0.744.